The fourth-order valence-corrected chi connectivity index (χ4v) is 5.61. The third kappa shape index (κ3) is 0.939. The van der Waals surface area contributed by atoms with Gasteiger partial charge in [-0.05, 0) is 54.8 Å². The molecule has 1 heteroatoms. The topological polar surface area (TPSA) is 12.5 Å². The van der Waals surface area contributed by atoms with E-state index in [1.807, 2.05) is 0 Å². The van der Waals surface area contributed by atoms with Gasteiger partial charge in [-0.1, -0.05) is 27.2 Å². The maximum absolute atomic E-state index is 6.10. The smallest absolute Gasteiger partial charge is 0.0951 e. The quantitative estimate of drug-likeness (QED) is 0.569. The Labute approximate surface area is 98.9 Å². The molecule has 0 aromatic carbocycles. The number of hydrogen-bond acceptors (Lipinski definition) is 1. The van der Waals surface area contributed by atoms with E-state index in [4.69, 9.17) is 4.74 Å². The van der Waals surface area contributed by atoms with Gasteiger partial charge in [0.05, 0.1) is 11.7 Å². The van der Waals surface area contributed by atoms with Gasteiger partial charge in [-0.2, -0.15) is 0 Å². The van der Waals surface area contributed by atoms with Gasteiger partial charge in [-0.25, -0.2) is 0 Å². The fourth-order valence-electron chi connectivity index (χ4n) is 5.61. The molecule has 90 valence electrons. The van der Waals surface area contributed by atoms with Crippen LogP contribution < -0.4 is 0 Å². The van der Waals surface area contributed by atoms with Crippen LogP contribution in [0.5, 0.6) is 0 Å². The summed E-state index contributed by atoms with van der Waals surface area (Å²) in [6.07, 6.45) is 4.84. The summed E-state index contributed by atoms with van der Waals surface area (Å²) < 4.78 is 6.10. The van der Waals surface area contributed by atoms with Crippen molar-refractivity contribution in [2.45, 2.75) is 58.7 Å². The maximum atomic E-state index is 6.10. The van der Waals surface area contributed by atoms with Crippen molar-refractivity contribution >= 4 is 0 Å². The number of ether oxygens (including phenoxy) is 1. The summed E-state index contributed by atoms with van der Waals surface area (Å²) in [4.78, 5) is 0. The summed E-state index contributed by atoms with van der Waals surface area (Å²) in [6, 6.07) is 0. The highest BCUT2D eigenvalue weighted by atomic mass is 16.6. The number of epoxide rings is 1. The monoisotopic (exact) mass is 220 g/mol. The molecule has 0 aromatic heterocycles. The molecule has 0 radical (unpaired) electrons. The highest BCUT2D eigenvalue weighted by Gasteiger charge is 2.74. The molecule has 0 bridgehead atoms. The first-order valence-electron chi connectivity index (χ1n) is 7.14. The molecule has 3 aliphatic carbocycles. The Balaban J connectivity index is 1.74. The van der Waals surface area contributed by atoms with Gasteiger partial charge in [0.1, 0.15) is 0 Å². The fraction of sp³-hybridized carbons (Fsp3) is 1.00. The molecule has 4 fully saturated rings. The predicted molar refractivity (Wildman–Crippen MR) is 64.0 cm³/mol. The molecule has 0 spiro atoms. The Morgan fingerprint density at radius 3 is 2.56 bits per heavy atom. The Bertz CT molecular complexity index is 347. The SMILES string of the molecule is C[C@H]1CC[C@@H]2[C@H]1[C@H]1[C@@H](C[C@H]3O[C@@]23C)C1(C)C. The minimum atomic E-state index is 0.291. The van der Waals surface area contributed by atoms with Crippen molar-refractivity contribution in [3.05, 3.63) is 0 Å². The molecule has 4 aliphatic rings. The van der Waals surface area contributed by atoms with Crippen LogP contribution in [0.25, 0.3) is 0 Å². The van der Waals surface area contributed by atoms with Crippen molar-refractivity contribution in [3.63, 3.8) is 0 Å². The maximum Gasteiger partial charge on any atom is 0.0951 e. The molecule has 0 unspecified atom stereocenters. The van der Waals surface area contributed by atoms with Crippen LogP contribution in [-0.2, 0) is 4.74 Å². The van der Waals surface area contributed by atoms with Crippen LogP contribution in [0.2, 0.25) is 0 Å². The Hall–Kier alpha value is -0.0400. The second kappa shape index (κ2) is 2.53. The van der Waals surface area contributed by atoms with Gasteiger partial charge >= 0.3 is 0 Å². The van der Waals surface area contributed by atoms with E-state index in [0.29, 0.717) is 17.1 Å². The van der Waals surface area contributed by atoms with Crippen LogP contribution in [-0.4, -0.2) is 11.7 Å². The molecule has 7 atom stereocenters. The van der Waals surface area contributed by atoms with Gasteiger partial charge in [0, 0.05) is 0 Å². The number of hydrogen-bond donors (Lipinski definition) is 0. The van der Waals surface area contributed by atoms with E-state index in [-0.39, 0.29) is 0 Å². The summed E-state index contributed by atoms with van der Waals surface area (Å²) in [7, 11) is 0. The first kappa shape index (κ1) is 9.94. The normalized spacial score (nSPS) is 65.2. The Morgan fingerprint density at radius 2 is 1.81 bits per heavy atom. The zero-order valence-corrected chi connectivity index (χ0v) is 11.0. The molecule has 0 amide bonds. The summed E-state index contributed by atoms with van der Waals surface area (Å²) in [5, 5.41) is 0. The second-order valence-corrected chi connectivity index (χ2v) is 7.72. The first-order valence-corrected chi connectivity index (χ1v) is 7.14. The molecule has 0 aromatic rings. The lowest BCUT2D eigenvalue weighted by atomic mass is 9.76. The highest BCUT2D eigenvalue weighted by molar-refractivity contribution is 5.21. The number of fused-ring (bicyclic) bond motifs is 5. The van der Waals surface area contributed by atoms with E-state index in [9.17, 15) is 0 Å². The van der Waals surface area contributed by atoms with Crippen molar-refractivity contribution < 1.29 is 4.74 Å². The zero-order chi connectivity index (χ0) is 11.3. The van der Waals surface area contributed by atoms with E-state index in [1.54, 1.807) is 0 Å². The lowest BCUT2D eigenvalue weighted by Gasteiger charge is -2.27. The predicted octanol–water partition coefficient (Wildman–Crippen LogP) is 3.48. The van der Waals surface area contributed by atoms with Crippen molar-refractivity contribution in [2.24, 2.45) is 35.0 Å². The molecule has 1 aliphatic heterocycles. The average Bonchev–Trinajstić information content (AvgIpc) is 2.91. The number of rotatable bonds is 0. The molecule has 4 rings (SSSR count). The van der Waals surface area contributed by atoms with Gasteiger partial charge < -0.3 is 4.74 Å². The van der Waals surface area contributed by atoms with E-state index in [0.717, 1.165) is 29.6 Å². The Morgan fingerprint density at radius 1 is 1.06 bits per heavy atom. The highest BCUT2D eigenvalue weighted by Crippen LogP contribution is 2.74. The molecule has 3 saturated carbocycles. The lowest BCUT2D eigenvalue weighted by molar-refractivity contribution is 0.149. The van der Waals surface area contributed by atoms with Crippen LogP contribution in [0.3, 0.4) is 0 Å². The molecule has 1 nitrogen and oxygen atoms in total. The van der Waals surface area contributed by atoms with E-state index in [2.05, 4.69) is 27.7 Å². The van der Waals surface area contributed by atoms with Gasteiger partial charge in [-0.15, -0.1) is 0 Å². The summed E-state index contributed by atoms with van der Waals surface area (Å²) in [5.41, 5.74) is 0.910. The largest absolute Gasteiger partial charge is 0.366 e. The summed E-state index contributed by atoms with van der Waals surface area (Å²) >= 11 is 0. The molecule has 1 saturated heterocycles. The summed E-state index contributed by atoms with van der Waals surface area (Å²) in [5.74, 6) is 4.78. The second-order valence-electron chi connectivity index (χ2n) is 7.72. The molecular weight excluding hydrogens is 196 g/mol. The molecule has 0 N–H and O–H groups in total. The Kier molecular flexibility index (Phi) is 1.57. The van der Waals surface area contributed by atoms with Gasteiger partial charge in [0.25, 0.3) is 0 Å². The van der Waals surface area contributed by atoms with E-state index in [1.165, 1.54) is 19.3 Å². The van der Waals surface area contributed by atoms with E-state index >= 15 is 0 Å². The molecular formula is C15H24O. The zero-order valence-electron chi connectivity index (χ0n) is 11.0. The first-order chi connectivity index (χ1) is 7.46. The van der Waals surface area contributed by atoms with Gasteiger partial charge in [0.15, 0.2) is 0 Å². The minimum absolute atomic E-state index is 0.291. The minimum Gasteiger partial charge on any atom is -0.366 e. The van der Waals surface area contributed by atoms with Crippen LogP contribution in [0.1, 0.15) is 47.0 Å². The van der Waals surface area contributed by atoms with Crippen molar-refractivity contribution in [2.75, 3.05) is 0 Å². The third-order valence-electron chi connectivity index (χ3n) is 6.79. The van der Waals surface area contributed by atoms with Crippen LogP contribution >= 0.6 is 0 Å². The van der Waals surface area contributed by atoms with Crippen LogP contribution in [0, 0.1) is 35.0 Å². The third-order valence-corrected chi connectivity index (χ3v) is 6.79. The van der Waals surface area contributed by atoms with Gasteiger partial charge in [0.2, 0.25) is 0 Å². The van der Waals surface area contributed by atoms with Crippen molar-refractivity contribution in [1.29, 1.82) is 0 Å². The van der Waals surface area contributed by atoms with Crippen molar-refractivity contribution in [3.8, 4) is 0 Å². The van der Waals surface area contributed by atoms with Crippen LogP contribution in [0.4, 0.5) is 0 Å². The van der Waals surface area contributed by atoms with E-state index < -0.39 is 0 Å². The van der Waals surface area contributed by atoms with Crippen LogP contribution in [0.15, 0.2) is 0 Å². The molecule has 16 heavy (non-hydrogen) atoms. The van der Waals surface area contributed by atoms with Crippen molar-refractivity contribution in [1.82, 2.24) is 0 Å². The lowest BCUT2D eigenvalue weighted by Crippen LogP contribution is -2.30. The standard InChI is InChI=1S/C15H24O/c1-8-5-6-9-12(8)13-10(14(13,2)3)7-11-15(9,4)16-11/h8-13H,5-7H2,1-4H3/t8-,9+,10+,11+,12-,13+,15-/m0/s1. The average molecular weight is 220 g/mol. The summed E-state index contributed by atoms with van der Waals surface area (Å²) in [6.45, 7) is 9.87. The molecule has 1 heterocycles. The van der Waals surface area contributed by atoms with Gasteiger partial charge in [-0.3, -0.25) is 0 Å².